The van der Waals surface area contributed by atoms with E-state index in [9.17, 15) is 8.42 Å². The quantitative estimate of drug-likeness (QED) is 0.847. The van der Waals surface area contributed by atoms with Crippen molar-refractivity contribution in [2.45, 2.75) is 62.2 Å². The third kappa shape index (κ3) is 2.69. The fraction of sp³-hybridized carbons (Fsp3) is 0.688. The number of aromatic nitrogens is 4. The van der Waals surface area contributed by atoms with E-state index in [0.29, 0.717) is 0 Å². The molecule has 2 aromatic rings. The van der Waals surface area contributed by atoms with Crippen LogP contribution in [0.1, 0.15) is 56.0 Å². The van der Waals surface area contributed by atoms with Gasteiger partial charge >= 0.3 is 0 Å². The topological polar surface area (TPSA) is 101 Å². The Labute approximate surface area is 146 Å². The van der Waals surface area contributed by atoms with Gasteiger partial charge in [-0.1, -0.05) is 6.42 Å². The predicted molar refractivity (Wildman–Crippen MR) is 93.1 cm³/mol. The van der Waals surface area contributed by atoms with Gasteiger partial charge in [-0.05, 0) is 32.1 Å². The fourth-order valence-electron chi connectivity index (χ4n) is 4.15. The molecule has 0 unspecified atom stereocenters. The van der Waals surface area contributed by atoms with Crippen molar-refractivity contribution in [3.63, 3.8) is 0 Å². The van der Waals surface area contributed by atoms with Crippen LogP contribution in [-0.2, 0) is 16.4 Å². The molecular formula is C16H22N6O2S. The summed E-state index contributed by atoms with van der Waals surface area (Å²) in [7, 11) is -3.14. The largest absolute Gasteiger partial charge is 0.368 e. The summed E-state index contributed by atoms with van der Waals surface area (Å²) in [6, 6.07) is 0.00436. The molecular weight excluding hydrogens is 340 g/mol. The molecule has 0 spiro atoms. The number of nitrogens with one attached hydrogen (secondary N) is 2. The first-order valence-corrected chi connectivity index (χ1v) is 10.6. The van der Waals surface area contributed by atoms with Crippen LogP contribution in [0, 0.1) is 0 Å². The van der Waals surface area contributed by atoms with Gasteiger partial charge in [0, 0.05) is 24.9 Å². The van der Waals surface area contributed by atoms with Crippen LogP contribution in [0.15, 0.2) is 6.20 Å². The summed E-state index contributed by atoms with van der Waals surface area (Å²) in [6.07, 6.45) is 7.98. The van der Waals surface area contributed by atoms with E-state index < -0.39 is 10.0 Å². The lowest BCUT2D eigenvalue weighted by atomic mass is 9.85. The molecule has 25 heavy (non-hydrogen) atoms. The average molecular weight is 362 g/mol. The standard InChI is InChI=1S/C16H22N6O2S/c23-25(24,12-4-5-12)21-11-3-1-2-10(8-11)16-20-19-14-9-18-15-13(22(14)16)6-7-17-15/h9-12,17,21H,1-8H2/t10-,11-/m1/s1. The highest BCUT2D eigenvalue weighted by Crippen LogP contribution is 2.35. The van der Waals surface area contributed by atoms with E-state index in [1.54, 1.807) is 6.20 Å². The molecule has 3 aliphatic rings. The highest BCUT2D eigenvalue weighted by Gasteiger charge is 2.38. The number of sulfonamides is 1. The first-order valence-electron chi connectivity index (χ1n) is 9.10. The van der Waals surface area contributed by atoms with Crippen LogP contribution in [0.4, 0.5) is 5.82 Å². The highest BCUT2D eigenvalue weighted by molar-refractivity contribution is 7.90. The minimum atomic E-state index is -3.14. The number of hydrogen-bond donors (Lipinski definition) is 2. The van der Waals surface area contributed by atoms with E-state index in [2.05, 4.69) is 29.6 Å². The van der Waals surface area contributed by atoms with Crippen LogP contribution >= 0.6 is 0 Å². The Morgan fingerprint density at radius 2 is 2.08 bits per heavy atom. The van der Waals surface area contributed by atoms with Gasteiger partial charge in [0.15, 0.2) is 5.65 Å². The van der Waals surface area contributed by atoms with Gasteiger partial charge in [-0.25, -0.2) is 18.1 Å². The van der Waals surface area contributed by atoms with Crippen LogP contribution in [0.5, 0.6) is 0 Å². The predicted octanol–water partition coefficient (Wildman–Crippen LogP) is 1.20. The summed E-state index contributed by atoms with van der Waals surface area (Å²) in [5.41, 5.74) is 1.91. The van der Waals surface area contributed by atoms with Crippen molar-refractivity contribution in [1.29, 1.82) is 0 Å². The molecule has 1 aliphatic heterocycles. The van der Waals surface area contributed by atoms with Crippen molar-refractivity contribution >= 4 is 21.5 Å². The van der Waals surface area contributed by atoms with Gasteiger partial charge in [0.25, 0.3) is 0 Å². The molecule has 2 N–H and O–H groups in total. The zero-order valence-electron chi connectivity index (χ0n) is 14.0. The SMILES string of the molecule is O=S(=O)(N[C@@H]1CCC[C@@H](c2nnc3cnc4c(n23)CCN4)C1)C1CC1. The molecule has 5 rings (SSSR count). The van der Waals surface area contributed by atoms with Crippen molar-refractivity contribution in [2.24, 2.45) is 0 Å². The molecule has 2 aliphatic carbocycles. The molecule has 2 saturated carbocycles. The van der Waals surface area contributed by atoms with Gasteiger partial charge < -0.3 is 5.32 Å². The Bertz CT molecular complexity index is 920. The summed E-state index contributed by atoms with van der Waals surface area (Å²) in [5.74, 6) is 2.09. The van der Waals surface area contributed by atoms with Crippen LogP contribution in [0.2, 0.25) is 0 Å². The Kier molecular flexibility index (Phi) is 3.50. The number of rotatable bonds is 4. The minimum Gasteiger partial charge on any atom is -0.368 e. The number of nitrogens with zero attached hydrogens (tertiary/aromatic N) is 4. The second kappa shape index (κ2) is 5.63. The second-order valence-corrected chi connectivity index (χ2v) is 9.40. The average Bonchev–Trinajstić information content (AvgIpc) is 3.20. The Morgan fingerprint density at radius 1 is 1.20 bits per heavy atom. The fourth-order valence-corrected chi connectivity index (χ4v) is 5.78. The number of anilines is 1. The lowest BCUT2D eigenvalue weighted by Gasteiger charge is -2.28. The van der Waals surface area contributed by atoms with Crippen LogP contribution < -0.4 is 10.0 Å². The summed E-state index contributed by atoms with van der Waals surface area (Å²) < 4.78 is 29.6. The van der Waals surface area contributed by atoms with Crippen molar-refractivity contribution in [3.05, 3.63) is 17.7 Å². The molecule has 0 bridgehead atoms. The molecule has 0 aromatic carbocycles. The van der Waals surface area contributed by atoms with E-state index >= 15 is 0 Å². The van der Waals surface area contributed by atoms with Gasteiger partial charge in [-0.2, -0.15) is 0 Å². The van der Waals surface area contributed by atoms with Gasteiger partial charge in [-0.3, -0.25) is 4.40 Å². The second-order valence-electron chi connectivity index (χ2n) is 7.40. The van der Waals surface area contributed by atoms with Crippen LogP contribution in [0.3, 0.4) is 0 Å². The molecule has 2 fully saturated rings. The molecule has 2 aromatic heterocycles. The highest BCUT2D eigenvalue weighted by atomic mass is 32.2. The van der Waals surface area contributed by atoms with Crippen molar-refractivity contribution in [2.75, 3.05) is 11.9 Å². The van der Waals surface area contributed by atoms with Crippen molar-refractivity contribution in [1.82, 2.24) is 24.3 Å². The van der Waals surface area contributed by atoms with Crippen LogP contribution in [-0.4, -0.2) is 45.8 Å². The smallest absolute Gasteiger partial charge is 0.214 e. The van der Waals surface area contributed by atoms with Crippen molar-refractivity contribution in [3.8, 4) is 0 Å². The molecule has 3 heterocycles. The maximum absolute atomic E-state index is 12.3. The van der Waals surface area contributed by atoms with E-state index in [-0.39, 0.29) is 17.2 Å². The Morgan fingerprint density at radius 3 is 2.92 bits per heavy atom. The van der Waals surface area contributed by atoms with E-state index in [1.807, 2.05) is 0 Å². The maximum atomic E-state index is 12.3. The third-order valence-corrected chi connectivity index (χ3v) is 7.56. The van der Waals surface area contributed by atoms with Gasteiger partial charge in [0.1, 0.15) is 11.6 Å². The molecule has 8 nitrogen and oxygen atoms in total. The van der Waals surface area contributed by atoms with E-state index in [1.165, 1.54) is 0 Å². The molecule has 0 saturated heterocycles. The summed E-state index contributed by atoms with van der Waals surface area (Å²) in [6.45, 7) is 0.882. The van der Waals surface area contributed by atoms with Crippen LogP contribution in [0.25, 0.3) is 5.65 Å². The molecule has 0 amide bonds. The first kappa shape index (κ1) is 15.5. The molecule has 134 valence electrons. The maximum Gasteiger partial charge on any atom is 0.214 e. The van der Waals surface area contributed by atoms with Crippen molar-refractivity contribution < 1.29 is 8.42 Å². The lowest BCUT2D eigenvalue weighted by Crippen LogP contribution is -2.39. The molecule has 2 atom stereocenters. The van der Waals surface area contributed by atoms with Gasteiger partial charge in [-0.15, -0.1) is 10.2 Å². The first-order chi connectivity index (χ1) is 12.1. The number of hydrogen-bond acceptors (Lipinski definition) is 6. The normalized spacial score (nSPS) is 26.6. The third-order valence-electron chi connectivity index (χ3n) is 5.55. The summed E-state index contributed by atoms with van der Waals surface area (Å²) in [5, 5.41) is 11.9. The summed E-state index contributed by atoms with van der Waals surface area (Å²) in [4.78, 5) is 4.41. The summed E-state index contributed by atoms with van der Waals surface area (Å²) >= 11 is 0. The van der Waals surface area contributed by atoms with E-state index in [4.69, 9.17) is 0 Å². The minimum absolute atomic E-state index is 0.00436. The van der Waals surface area contributed by atoms with Gasteiger partial charge in [0.05, 0.1) is 17.1 Å². The zero-order chi connectivity index (χ0) is 17.0. The zero-order valence-corrected chi connectivity index (χ0v) is 14.8. The van der Waals surface area contributed by atoms with E-state index in [0.717, 1.165) is 74.5 Å². The molecule has 0 radical (unpaired) electrons. The number of fused-ring (bicyclic) bond motifs is 3. The molecule has 9 heteroatoms. The Hall–Kier alpha value is -1.74. The van der Waals surface area contributed by atoms with Gasteiger partial charge in [0.2, 0.25) is 10.0 Å². The monoisotopic (exact) mass is 362 g/mol. The lowest BCUT2D eigenvalue weighted by molar-refractivity contribution is 0.360. The Balaban J connectivity index is 1.43.